The van der Waals surface area contributed by atoms with Gasteiger partial charge in [-0.05, 0) is 25.3 Å². The number of carbonyl (C=O) groups excluding carboxylic acids is 1. The average molecular weight is 544 g/mol. The SMILES string of the molecule is CN(C)C(=O)CN=C(NCCCOC1CCCCC1)NC1CCOc2ccccc21.I. The lowest BCUT2D eigenvalue weighted by Gasteiger charge is -2.28. The van der Waals surface area contributed by atoms with E-state index in [0.717, 1.165) is 37.3 Å². The summed E-state index contributed by atoms with van der Waals surface area (Å²) in [5.74, 6) is 1.54. The van der Waals surface area contributed by atoms with Crippen molar-refractivity contribution < 1.29 is 14.3 Å². The molecule has 3 rings (SSSR count). The number of nitrogens with one attached hydrogen (secondary N) is 2. The van der Waals surface area contributed by atoms with Gasteiger partial charge in [0.25, 0.3) is 0 Å². The number of aliphatic imine (C=N–C) groups is 1. The zero-order valence-electron chi connectivity index (χ0n) is 18.8. The van der Waals surface area contributed by atoms with Crippen LogP contribution in [0.5, 0.6) is 5.75 Å². The quantitative estimate of drug-likeness (QED) is 0.227. The molecular formula is C23H37IN4O3. The summed E-state index contributed by atoms with van der Waals surface area (Å²) in [7, 11) is 3.49. The van der Waals surface area contributed by atoms with E-state index in [0.29, 0.717) is 18.7 Å². The van der Waals surface area contributed by atoms with E-state index in [4.69, 9.17) is 9.47 Å². The summed E-state index contributed by atoms with van der Waals surface area (Å²) >= 11 is 0. The molecule has 0 radical (unpaired) electrons. The number of guanidine groups is 1. The van der Waals surface area contributed by atoms with Crippen LogP contribution >= 0.6 is 24.0 Å². The Bertz CT molecular complexity index is 708. The Hall–Kier alpha value is -1.55. The molecule has 0 aromatic heterocycles. The number of para-hydroxylation sites is 1. The lowest BCUT2D eigenvalue weighted by molar-refractivity contribution is -0.127. The normalized spacial score (nSPS) is 18.9. The standard InChI is InChI=1S/C23H36N4O3.HI/c1-27(2)22(28)17-25-23(24-14-8-15-29-18-9-4-3-5-10-18)26-20-13-16-30-21-12-7-6-11-19(20)21;/h6-7,11-12,18,20H,3-5,8-10,13-17H2,1-2H3,(H2,24,25,26);1H. The second-order valence-electron chi connectivity index (χ2n) is 8.24. The molecule has 0 saturated heterocycles. The van der Waals surface area contributed by atoms with Crippen LogP contribution in [-0.4, -0.2) is 63.3 Å². The van der Waals surface area contributed by atoms with Crippen molar-refractivity contribution in [3.8, 4) is 5.75 Å². The molecule has 8 heteroatoms. The molecule has 1 aliphatic carbocycles. The lowest BCUT2D eigenvalue weighted by atomic mass is 9.98. The molecule has 1 aromatic carbocycles. The number of rotatable bonds is 8. The first-order valence-electron chi connectivity index (χ1n) is 11.2. The molecule has 1 unspecified atom stereocenters. The summed E-state index contributed by atoms with van der Waals surface area (Å²) in [6.45, 7) is 2.28. The van der Waals surface area contributed by atoms with Gasteiger partial charge in [0.2, 0.25) is 5.91 Å². The van der Waals surface area contributed by atoms with Crippen LogP contribution in [0.2, 0.25) is 0 Å². The highest BCUT2D eigenvalue weighted by atomic mass is 127. The third-order valence-corrected chi connectivity index (χ3v) is 5.66. The van der Waals surface area contributed by atoms with E-state index in [1.165, 1.54) is 32.1 Å². The molecule has 1 amide bonds. The van der Waals surface area contributed by atoms with Gasteiger partial charge in [0.15, 0.2) is 5.96 Å². The summed E-state index contributed by atoms with van der Waals surface area (Å²) in [4.78, 5) is 18.1. The maximum absolute atomic E-state index is 12.0. The van der Waals surface area contributed by atoms with E-state index < -0.39 is 0 Å². The van der Waals surface area contributed by atoms with Crippen molar-refractivity contribution in [3.05, 3.63) is 29.8 Å². The minimum atomic E-state index is -0.0240. The molecule has 7 nitrogen and oxygen atoms in total. The van der Waals surface area contributed by atoms with Gasteiger partial charge in [-0.15, -0.1) is 24.0 Å². The summed E-state index contributed by atoms with van der Waals surface area (Å²) in [6, 6.07) is 8.17. The molecule has 0 spiro atoms. The molecule has 1 heterocycles. The van der Waals surface area contributed by atoms with Gasteiger partial charge in [0.1, 0.15) is 12.3 Å². The van der Waals surface area contributed by atoms with Crippen LogP contribution in [0.1, 0.15) is 56.6 Å². The molecule has 1 aromatic rings. The van der Waals surface area contributed by atoms with Gasteiger partial charge in [0, 0.05) is 39.2 Å². The number of amides is 1. The average Bonchev–Trinajstić information content (AvgIpc) is 2.77. The molecule has 1 aliphatic heterocycles. The predicted octanol–water partition coefficient (Wildman–Crippen LogP) is 3.49. The molecule has 2 aliphatic rings. The molecule has 31 heavy (non-hydrogen) atoms. The summed E-state index contributed by atoms with van der Waals surface area (Å²) < 4.78 is 11.8. The second kappa shape index (κ2) is 13.8. The number of hydrogen-bond donors (Lipinski definition) is 2. The van der Waals surface area contributed by atoms with Crippen LogP contribution in [0.15, 0.2) is 29.3 Å². The van der Waals surface area contributed by atoms with Gasteiger partial charge < -0.3 is 25.0 Å². The number of fused-ring (bicyclic) bond motifs is 1. The molecule has 1 saturated carbocycles. The number of likely N-dealkylation sites (N-methyl/N-ethyl adjacent to an activating group) is 1. The van der Waals surface area contributed by atoms with Crippen LogP contribution in [0.3, 0.4) is 0 Å². The van der Waals surface area contributed by atoms with Gasteiger partial charge in [0.05, 0.1) is 18.8 Å². The summed E-state index contributed by atoms with van der Waals surface area (Å²) in [5.41, 5.74) is 1.12. The molecule has 1 atom stereocenters. The van der Waals surface area contributed by atoms with Crippen LogP contribution in [0.25, 0.3) is 0 Å². The van der Waals surface area contributed by atoms with Gasteiger partial charge in [-0.1, -0.05) is 37.5 Å². The second-order valence-corrected chi connectivity index (χ2v) is 8.24. The van der Waals surface area contributed by atoms with Crippen molar-refractivity contribution in [1.29, 1.82) is 0 Å². The Morgan fingerprint density at radius 1 is 1.19 bits per heavy atom. The highest BCUT2D eigenvalue weighted by Gasteiger charge is 2.22. The summed E-state index contributed by atoms with van der Waals surface area (Å²) in [5, 5.41) is 6.87. The first-order chi connectivity index (χ1) is 14.6. The highest BCUT2D eigenvalue weighted by molar-refractivity contribution is 14.0. The molecular weight excluding hydrogens is 507 g/mol. The van der Waals surface area contributed by atoms with Crippen molar-refractivity contribution in [2.45, 2.75) is 57.1 Å². The van der Waals surface area contributed by atoms with E-state index >= 15 is 0 Å². The van der Waals surface area contributed by atoms with Gasteiger partial charge in [-0.3, -0.25) is 4.79 Å². The zero-order chi connectivity index (χ0) is 21.2. The highest BCUT2D eigenvalue weighted by Crippen LogP contribution is 2.31. The number of hydrogen-bond acceptors (Lipinski definition) is 4. The number of carbonyl (C=O) groups is 1. The fourth-order valence-electron chi connectivity index (χ4n) is 3.86. The first kappa shape index (κ1) is 25.7. The van der Waals surface area contributed by atoms with Gasteiger partial charge in [-0.2, -0.15) is 0 Å². The van der Waals surface area contributed by atoms with Crippen molar-refractivity contribution in [2.24, 2.45) is 4.99 Å². The largest absolute Gasteiger partial charge is 0.493 e. The van der Waals surface area contributed by atoms with E-state index in [1.54, 1.807) is 19.0 Å². The predicted molar refractivity (Wildman–Crippen MR) is 134 cm³/mol. The maximum atomic E-state index is 12.0. The minimum Gasteiger partial charge on any atom is -0.493 e. The Labute approximate surface area is 203 Å². The molecule has 1 fully saturated rings. The Morgan fingerprint density at radius 3 is 2.74 bits per heavy atom. The zero-order valence-corrected chi connectivity index (χ0v) is 21.1. The van der Waals surface area contributed by atoms with Gasteiger partial charge in [-0.25, -0.2) is 4.99 Å². The Balaban J connectivity index is 0.00000341. The van der Waals surface area contributed by atoms with Crippen LogP contribution < -0.4 is 15.4 Å². The van der Waals surface area contributed by atoms with E-state index in [-0.39, 0.29) is 42.5 Å². The Morgan fingerprint density at radius 2 is 1.97 bits per heavy atom. The first-order valence-corrected chi connectivity index (χ1v) is 11.2. The van der Waals surface area contributed by atoms with Crippen molar-refractivity contribution in [1.82, 2.24) is 15.5 Å². The number of halogens is 1. The third kappa shape index (κ3) is 8.48. The molecule has 174 valence electrons. The Kier molecular flexibility index (Phi) is 11.4. The number of benzene rings is 1. The number of ether oxygens (including phenoxy) is 2. The van der Waals surface area contributed by atoms with E-state index in [2.05, 4.69) is 21.7 Å². The topological polar surface area (TPSA) is 75.2 Å². The maximum Gasteiger partial charge on any atom is 0.243 e. The van der Waals surface area contributed by atoms with Crippen molar-refractivity contribution in [2.75, 3.05) is 40.4 Å². The molecule has 2 N–H and O–H groups in total. The van der Waals surface area contributed by atoms with Crippen LogP contribution in [-0.2, 0) is 9.53 Å². The van der Waals surface area contributed by atoms with E-state index in [9.17, 15) is 4.79 Å². The molecule has 0 bridgehead atoms. The lowest BCUT2D eigenvalue weighted by Crippen LogP contribution is -2.42. The third-order valence-electron chi connectivity index (χ3n) is 5.66. The van der Waals surface area contributed by atoms with Crippen LogP contribution in [0.4, 0.5) is 0 Å². The van der Waals surface area contributed by atoms with Crippen LogP contribution in [0, 0.1) is 0 Å². The fourth-order valence-corrected chi connectivity index (χ4v) is 3.86. The van der Waals surface area contributed by atoms with E-state index in [1.807, 2.05) is 18.2 Å². The smallest absolute Gasteiger partial charge is 0.243 e. The van der Waals surface area contributed by atoms with Crippen molar-refractivity contribution in [3.63, 3.8) is 0 Å². The fraction of sp³-hybridized carbons (Fsp3) is 0.652. The number of nitrogens with zero attached hydrogens (tertiary/aromatic N) is 2. The minimum absolute atomic E-state index is 0. The monoisotopic (exact) mass is 544 g/mol. The summed E-state index contributed by atoms with van der Waals surface area (Å²) in [6.07, 6.45) is 8.49. The van der Waals surface area contributed by atoms with Gasteiger partial charge >= 0.3 is 0 Å². The van der Waals surface area contributed by atoms with Crippen molar-refractivity contribution >= 4 is 35.8 Å².